The van der Waals surface area contributed by atoms with Crippen molar-refractivity contribution in [2.24, 2.45) is 5.73 Å². The summed E-state index contributed by atoms with van der Waals surface area (Å²) in [6.07, 6.45) is 3.70. The molecule has 1 saturated carbocycles. The fourth-order valence-electron chi connectivity index (χ4n) is 2.52. The Bertz CT molecular complexity index is 663. The summed E-state index contributed by atoms with van der Waals surface area (Å²) < 4.78 is 5.53. The third-order valence-electron chi connectivity index (χ3n) is 3.79. The summed E-state index contributed by atoms with van der Waals surface area (Å²) in [5.74, 6) is 1.60. The summed E-state index contributed by atoms with van der Waals surface area (Å²) in [6.45, 7) is 4.12. The minimum Gasteiger partial charge on any atom is -0.496 e. The van der Waals surface area contributed by atoms with Gasteiger partial charge in [0.15, 0.2) is 0 Å². The standard InChI is InChI=1S/C16H19N3O/c1-10-8-11(2)14(20-3)12(9-10)13-4-7-18-15(19-13)16(17)5-6-16/h4,7-9H,5-6,17H2,1-3H3. The Morgan fingerprint density at radius 2 is 2.00 bits per heavy atom. The van der Waals surface area contributed by atoms with Crippen LogP contribution in [0.4, 0.5) is 0 Å². The van der Waals surface area contributed by atoms with E-state index in [-0.39, 0.29) is 5.54 Å². The van der Waals surface area contributed by atoms with E-state index in [2.05, 4.69) is 29.0 Å². The Kier molecular flexibility index (Phi) is 2.98. The number of hydrogen-bond acceptors (Lipinski definition) is 4. The number of rotatable bonds is 3. The lowest BCUT2D eigenvalue weighted by atomic mass is 10.0. The van der Waals surface area contributed by atoms with E-state index in [1.165, 1.54) is 5.56 Å². The van der Waals surface area contributed by atoms with Crippen LogP contribution in [0.5, 0.6) is 5.75 Å². The molecule has 1 heterocycles. The number of nitrogens with zero attached hydrogens (tertiary/aromatic N) is 2. The van der Waals surface area contributed by atoms with E-state index in [0.29, 0.717) is 0 Å². The van der Waals surface area contributed by atoms with Gasteiger partial charge in [0.25, 0.3) is 0 Å². The molecular formula is C16H19N3O. The van der Waals surface area contributed by atoms with Crippen molar-refractivity contribution >= 4 is 0 Å². The summed E-state index contributed by atoms with van der Waals surface area (Å²) in [4.78, 5) is 8.97. The maximum atomic E-state index is 6.19. The Labute approximate surface area is 119 Å². The third kappa shape index (κ3) is 2.16. The second-order valence-corrected chi connectivity index (χ2v) is 5.58. The molecule has 1 aromatic carbocycles. The van der Waals surface area contributed by atoms with E-state index in [0.717, 1.165) is 41.2 Å². The monoisotopic (exact) mass is 269 g/mol. The average molecular weight is 269 g/mol. The Morgan fingerprint density at radius 3 is 2.65 bits per heavy atom. The predicted molar refractivity (Wildman–Crippen MR) is 78.6 cm³/mol. The van der Waals surface area contributed by atoms with Gasteiger partial charge in [-0.1, -0.05) is 6.07 Å². The Morgan fingerprint density at radius 1 is 1.25 bits per heavy atom. The maximum Gasteiger partial charge on any atom is 0.148 e. The van der Waals surface area contributed by atoms with Gasteiger partial charge in [-0.2, -0.15) is 0 Å². The second kappa shape index (κ2) is 4.56. The van der Waals surface area contributed by atoms with Crippen LogP contribution >= 0.6 is 0 Å². The van der Waals surface area contributed by atoms with Crippen molar-refractivity contribution in [3.8, 4) is 17.0 Å². The molecule has 1 fully saturated rings. The van der Waals surface area contributed by atoms with Crippen molar-refractivity contribution in [1.82, 2.24) is 9.97 Å². The highest BCUT2D eigenvalue weighted by molar-refractivity contribution is 5.70. The molecule has 2 N–H and O–H groups in total. The van der Waals surface area contributed by atoms with Gasteiger partial charge in [0.1, 0.15) is 11.6 Å². The molecule has 0 atom stereocenters. The zero-order valence-corrected chi connectivity index (χ0v) is 12.1. The quantitative estimate of drug-likeness (QED) is 0.930. The number of benzene rings is 1. The van der Waals surface area contributed by atoms with Crippen molar-refractivity contribution < 1.29 is 4.74 Å². The van der Waals surface area contributed by atoms with E-state index in [9.17, 15) is 0 Å². The number of ether oxygens (including phenoxy) is 1. The van der Waals surface area contributed by atoms with Gasteiger partial charge in [-0.05, 0) is 49.9 Å². The molecule has 4 heteroatoms. The molecule has 3 rings (SSSR count). The molecule has 1 aromatic heterocycles. The van der Waals surface area contributed by atoms with Gasteiger partial charge in [0, 0.05) is 11.8 Å². The average Bonchev–Trinajstić information content (AvgIpc) is 3.17. The SMILES string of the molecule is COc1c(C)cc(C)cc1-c1ccnc(C2(N)CC2)n1. The van der Waals surface area contributed by atoms with Crippen LogP contribution in [-0.2, 0) is 5.54 Å². The van der Waals surface area contributed by atoms with Crippen molar-refractivity contribution in [3.05, 3.63) is 41.3 Å². The van der Waals surface area contributed by atoms with E-state index >= 15 is 0 Å². The van der Waals surface area contributed by atoms with E-state index < -0.39 is 0 Å². The van der Waals surface area contributed by atoms with Crippen LogP contribution < -0.4 is 10.5 Å². The fraction of sp³-hybridized carbons (Fsp3) is 0.375. The molecule has 20 heavy (non-hydrogen) atoms. The van der Waals surface area contributed by atoms with Crippen molar-refractivity contribution in [2.75, 3.05) is 7.11 Å². The Balaban J connectivity index is 2.13. The summed E-state index contributed by atoms with van der Waals surface area (Å²) in [6, 6.07) is 6.11. The first kappa shape index (κ1) is 13.1. The fourth-order valence-corrected chi connectivity index (χ4v) is 2.52. The minimum atomic E-state index is -0.317. The molecule has 0 bridgehead atoms. The topological polar surface area (TPSA) is 61.0 Å². The van der Waals surface area contributed by atoms with Crippen LogP contribution in [0.2, 0.25) is 0 Å². The highest BCUT2D eigenvalue weighted by atomic mass is 16.5. The van der Waals surface area contributed by atoms with E-state index in [1.807, 2.05) is 13.0 Å². The molecule has 0 radical (unpaired) electrons. The Hall–Kier alpha value is -1.94. The van der Waals surface area contributed by atoms with Crippen LogP contribution in [0.1, 0.15) is 29.8 Å². The molecule has 0 aliphatic heterocycles. The van der Waals surface area contributed by atoms with E-state index in [1.54, 1.807) is 13.3 Å². The van der Waals surface area contributed by atoms with Gasteiger partial charge in [0.2, 0.25) is 0 Å². The van der Waals surface area contributed by atoms with Gasteiger partial charge in [-0.15, -0.1) is 0 Å². The molecule has 0 spiro atoms. The first-order valence-electron chi connectivity index (χ1n) is 6.81. The zero-order chi connectivity index (χ0) is 14.3. The highest BCUT2D eigenvalue weighted by Crippen LogP contribution is 2.41. The zero-order valence-electron chi connectivity index (χ0n) is 12.1. The molecular weight excluding hydrogens is 250 g/mol. The highest BCUT2D eigenvalue weighted by Gasteiger charge is 2.43. The van der Waals surface area contributed by atoms with Crippen molar-refractivity contribution in [2.45, 2.75) is 32.2 Å². The predicted octanol–water partition coefficient (Wildman–Crippen LogP) is 2.72. The lowest BCUT2D eigenvalue weighted by Gasteiger charge is -2.14. The summed E-state index contributed by atoms with van der Waals surface area (Å²) >= 11 is 0. The number of aromatic nitrogens is 2. The molecule has 0 amide bonds. The molecule has 2 aromatic rings. The minimum absolute atomic E-state index is 0.317. The number of methoxy groups -OCH3 is 1. The third-order valence-corrected chi connectivity index (χ3v) is 3.79. The molecule has 0 unspecified atom stereocenters. The molecule has 104 valence electrons. The number of aryl methyl sites for hydroxylation is 2. The van der Waals surface area contributed by atoms with Gasteiger partial charge >= 0.3 is 0 Å². The molecule has 0 saturated heterocycles. The van der Waals surface area contributed by atoms with Gasteiger partial charge in [-0.3, -0.25) is 0 Å². The smallest absolute Gasteiger partial charge is 0.148 e. The van der Waals surface area contributed by atoms with Crippen molar-refractivity contribution in [1.29, 1.82) is 0 Å². The summed E-state index contributed by atoms with van der Waals surface area (Å²) in [5.41, 5.74) is 10.0. The van der Waals surface area contributed by atoms with E-state index in [4.69, 9.17) is 10.5 Å². The summed E-state index contributed by atoms with van der Waals surface area (Å²) in [7, 11) is 1.69. The first-order valence-corrected chi connectivity index (χ1v) is 6.81. The first-order chi connectivity index (χ1) is 9.53. The maximum absolute atomic E-state index is 6.19. The molecule has 1 aliphatic rings. The van der Waals surface area contributed by atoms with Gasteiger partial charge in [-0.25, -0.2) is 9.97 Å². The summed E-state index contributed by atoms with van der Waals surface area (Å²) in [5, 5.41) is 0. The second-order valence-electron chi connectivity index (χ2n) is 5.58. The molecule has 1 aliphatic carbocycles. The normalized spacial score (nSPS) is 16.0. The van der Waals surface area contributed by atoms with Gasteiger partial charge in [0.05, 0.1) is 18.3 Å². The van der Waals surface area contributed by atoms with Crippen LogP contribution in [-0.4, -0.2) is 17.1 Å². The van der Waals surface area contributed by atoms with Crippen LogP contribution in [0.25, 0.3) is 11.3 Å². The van der Waals surface area contributed by atoms with Crippen LogP contribution in [0, 0.1) is 13.8 Å². The van der Waals surface area contributed by atoms with Crippen molar-refractivity contribution in [3.63, 3.8) is 0 Å². The molecule has 4 nitrogen and oxygen atoms in total. The number of hydrogen-bond donors (Lipinski definition) is 1. The lowest BCUT2D eigenvalue weighted by molar-refractivity contribution is 0.413. The lowest BCUT2D eigenvalue weighted by Crippen LogP contribution is -2.22. The van der Waals surface area contributed by atoms with Gasteiger partial charge < -0.3 is 10.5 Å². The largest absolute Gasteiger partial charge is 0.496 e. The van der Waals surface area contributed by atoms with Crippen LogP contribution in [0.15, 0.2) is 24.4 Å². The number of nitrogens with two attached hydrogens (primary N) is 1. The van der Waals surface area contributed by atoms with Crippen LogP contribution in [0.3, 0.4) is 0 Å².